The standard InChI is InChI=1S/C28H36N6O/c35-27(32-16-4-12-28(19-32)11-3-6-20-5-1-2-7-23(20)28)21-17-33(18-21)26-22-8-13-29-14-9-24(22)31-25-10-15-30-34(25)26/h1-2,5,7,10,15,20-21,23,29H,3-4,6,8-9,11-14,16-19H2. The monoisotopic (exact) mass is 472 g/mol. The van der Waals surface area contributed by atoms with Crippen molar-refractivity contribution in [3.05, 3.63) is 47.8 Å². The maximum Gasteiger partial charge on any atom is 0.229 e. The summed E-state index contributed by atoms with van der Waals surface area (Å²) in [4.78, 5) is 23.2. The van der Waals surface area contributed by atoms with Crippen LogP contribution in [0, 0.1) is 23.2 Å². The van der Waals surface area contributed by atoms with E-state index in [0.29, 0.717) is 17.7 Å². The Morgan fingerprint density at radius 2 is 1.94 bits per heavy atom. The quantitative estimate of drug-likeness (QED) is 0.728. The van der Waals surface area contributed by atoms with E-state index in [2.05, 4.69) is 44.5 Å². The molecule has 7 heteroatoms. The Labute approximate surface area is 207 Å². The summed E-state index contributed by atoms with van der Waals surface area (Å²) in [6, 6.07) is 1.99. The summed E-state index contributed by atoms with van der Waals surface area (Å²) in [5.41, 5.74) is 3.68. The van der Waals surface area contributed by atoms with Gasteiger partial charge in [-0.25, -0.2) is 4.98 Å². The lowest BCUT2D eigenvalue weighted by molar-refractivity contribution is -0.142. The number of piperidine rings is 1. The second-order valence-electron chi connectivity index (χ2n) is 11.4. The summed E-state index contributed by atoms with van der Waals surface area (Å²) in [6.07, 6.45) is 19.3. The summed E-state index contributed by atoms with van der Waals surface area (Å²) >= 11 is 0. The molecule has 2 aromatic rings. The Balaban J connectivity index is 1.09. The van der Waals surface area contributed by atoms with Gasteiger partial charge >= 0.3 is 0 Å². The molecule has 0 bridgehead atoms. The molecule has 35 heavy (non-hydrogen) atoms. The van der Waals surface area contributed by atoms with Crippen molar-refractivity contribution in [2.75, 3.05) is 44.2 Å². The predicted molar refractivity (Wildman–Crippen MR) is 136 cm³/mol. The van der Waals surface area contributed by atoms with E-state index in [0.717, 1.165) is 70.0 Å². The lowest BCUT2D eigenvalue weighted by Crippen LogP contribution is -2.59. The number of nitrogens with one attached hydrogen (secondary N) is 1. The molecule has 1 N–H and O–H groups in total. The van der Waals surface area contributed by atoms with E-state index in [1.54, 1.807) is 0 Å². The molecule has 3 unspecified atom stereocenters. The minimum atomic E-state index is 0.0876. The Kier molecular flexibility index (Phi) is 5.23. The van der Waals surface area contributed by atoms with Crippen LogP contribution in [0.5, 0.6) is 0 Å². The van der Waals surface area contributed by atoms with E-state index >= 15 is 0 Å². The lowest BCUT2D eigenvalue weighted by Gasteiger charge is -2.53. The van der Waals surface area contributed by atoms with Crippen LogP contribution in [-0.2, 0) is 17.6 Å². The van der Waals surface area contributed by atoms with Gasteiger partial charge in [0, 0.05) is 50.8 Å². The van der Waals surface area contributed by atoms with E-state index in [1.807, 2.05) is 16.8 Å². The number of carbonyl (C=O) groups excluding carboxylic acids is 1. The largest absolute Gasteiger partial charge is 0.354 e. The van der Waals surface area contributed by atoms with E-state index in [1.165, 1.54) is 36.9 Å². The van der Waals surface area contributed by atoms with Crippen LogP contribution in [0.1, 0.15) is 43.4 Å². The molecule has 7 nitrogen and oxygen atoms in total. The van der Waals surface area contributed by atoms with Crippen molar-refractivity contribution in [1.29, 1.82) is 0 Å². The molecule has 5 aliphatic rings. The summed E-state index contributed by atoms with van der Waals surface area (Å²) in [6.45, 7) is 5.38. The molecule has 3 aliphatic heterocycles. The van der Waals surface area contributed by atoms with Crippen molar-refractivity contribution < 1.29 is 4.79 Å². The molecule has 1 amide bonds. The zero-order valence-corrected chi connectivity index (χ0v) is 20.5. The van der Waals surface area contributed by atoms with Crippen LogP contribution in [0.2, 0.25) is 0 Å². The van der Waals surface area contributed by atoms with Crippen LogP contribution >= 0.6 is 0 Å². The molecular formula is C28H36N6O. The van der Waals surface area contributed by atoms with Crippen molar-refractivity contribution in [2.45, 2.75) is 44.9 Å². The van der Waals surface area contributed by atoms with Crippen molar-refractivity contribution in [2.24, 2.45) is 23.2 Å². The Morgan fingerprint density at radius 1 is 1.09 bits per heavy atom. The molecule has 3 fully saturated rings. The van der Waals surface area contributed by atoms with Gasteiger partial charge in [0.25, 0.3) is 0 Å². The molecule has 0 aromatic carbocycles. The molecule has 0 radical (unpaired) electrons. The molecule has 1 saturated carbocycles. The molecule has 184 valence electrons. The number of likely N-dealkylation sites (tertiary alicyclic amines) is 1. The first-order valence-electron chi connectivity index (χ1n) is 13.7. The second-order valence-corrected chi connectivity index (χ2v) is 11.4. The number of nitrogens with zero attached hydrogens (tertiary/aromatic N) is 5. The van der Waals surface area contributed by atoms with Gasteiger partial charge in [-0.2, -0.15) is 9.61 Å². The van der Waals surface area contributed by atoms with Gasteiger partial charge in [0.05, 0.1) is 17.8 Å². The second kappa shape index (κ2) is 8.47. The smallest absolute Gasteiger partial charge is 0.229 e. The summed E-state index contributed by atoms with van der Waals surface area (Å²) < 4.78 is 1.99. The zero-order chi connectivity index (χ0) is 23.4. The number of hydrogen-bond donors (Lipinski definition) is 1. The van der Waals surface area contributed by atoms with Gasteiger partial charge in [0.15, 0.2) is 5.65 Å². The van der Waals surface area contributed by atoms with Crippen LogP contribution in [0.15, 0.2) is 36.6 Å². The molecule has 2 aromatic heterocycles. The van der Waals surface area contributed by atoms with Crippen molar-refractivity contribution in [1.82, 2.24) is 24.8 Å². The number of allylic oxidation sites excluding steroid dienone is 4. The maximum atomic E-state index is 13.7. The number of hydrogen-bond acceptors (Lipinski definition) is 5. The highest BCUT2D eigenvalue weighted by Gasteiger charge is 2.48. The summed E-state index contributed by atoms with van der Waals surface area (Å²) in [5.74, 6) is 2.88. The van der Waals surface area contributed by atoms with Gasteiger partial charge in [0.2, 0.25) is 5.91 Å². The van der Waals surface area contributed by atoms with Crippen LogP contribution < -0.4 is 10.2 Å². The highest BCUT2D eigenvalue weighted by molar-refractivity contribution is 5.82. The molecule has 3 atom stereocenters. The van der Waals surface area contributed by atoms with Crippen molar-refractivity contribution >= 4 is 17.4 Å². The molecular weight excluding hydrogens is 436 g/mol. The Morgan fingerprint density at radius 3 is 2.89 bits per heavy atom. The minimum absolute atomic E-state index is 0.0876. The van der Waals surface area contributed by atoms with E-state index in [4.69, 9.17) is 4.98 Å². The Bertz CT molecular complexity index is 1190. The first-order chi connectivity index (χ1) is 17.2. The molecule has 2 saturated heterocycles. The van der Waals surface area contributed by atoms with Gasteiger partial charge in [-0.3, -0.25) is 4.79 Å². The Hall–Kier alpha value is -2.67. The first-order valence-corrected chi connectivity index (χ1v) is 13.7. The van der Waals surface area contributed by atoms with Crippen molar-refractivity contribution in [3.8, 4) is 0 Å². The molecule has 7 rings (SSSR count). The van der Waals surface area contributed by atoms with Gasteiger partial charge in [-0.15, -0.1) is 0 Å². The number of carbonyl (C=O) groups is 1. The third-order valence-electron chi connectivity index (χ3n) is 9.40. The average Bonchev–Trinajstić information content (AvgIpc) is 3.20. The SMILES string of the molecule is O=C(C1CN(c2c3c(nc4ccnn24)CCNCC3)C1)N1CCCC2(CCCC3C=CC=CC32)C1. The van der Waals surface area contributed by atoms with Crippen molar-refractivity contribution in [3.63, 3.8) is 0 Å². The fraction of sp³-hybridized carbons (Fsp3) is 0.607. The van der Waals surface area contributed by atoms with Gasteiger partial charge in [0.1, 0.15) is 5.82 Å². The highest BCUT2D eigenvalue weighted by Crippen LogP contribution is 2.52. The normalized spacial score (nSPS) is 30.7. The fourth-order valence-electron chi connectivity index (χ4n) is 7.67. The number of rotatable bonds is 2. The van der Waals surface area contributed by atoms with Gasteiger partial charge < -0.3 is 15.1 Å². The van der Waals surface area contributed by atoms with Gasteiger partial charge in [-0.05, 0) is 55.9 Å². The highest BCUT2D eigenvalue weighted by atomic mass is 16.2. The average molecular weight is 473 g/mol. The number of aromatic nitrogens is 3. The van der Waals surface area contributed by atoms with Gasteiger partial charge in [-0.1, -0.05) is 30.7 Å². The predicted octanol–water partition coefficient (Wildman–Crippen LogP) is 3.00. The van der Waals surface area contributed by atoms with E-state index < -0.39 is 0 Å². The third-order valence-corrected chi connectivity index (χ3v) is 9.40. The topological polar surface area (TPSA) is 65.8 Å². The van der Waals surface area contributed by atoms with Crippen LogP contribution in [-0.4, -0.2) is 64.7 Å². The van der Waals surface area contributed by atoms with E-state index in [9.17, 15) is 4.79 Å². The van der Waals surface area contributed by atoms with E-state index in [-0.39, 0.29) is 11.3 Å². The third kappa shape index (κ3) is 3.53. The summed E-state index contributed by atoms with van der Waals surface area (Å²) in [5, 5.41) is 8.10. The number of anilines is 1. The van der Waals surface area contributed by atoms with Crippen LogP contribution in [0.25, 0.3) is 5.65 Å². The van der Waals surface area contributed by atoms with Crippen LogP contribution in [0.3, 0.4) is 0 Å². The fourth-order valence-corrected chi connectivity index (χ4v) is 7.67. The summed E-state index contributed by atoms with van der Waals surface area (Å²) in [7, 11) is 0. The molecule has 2 aliphatic carbocycles. The molecule has 5 heterocycles. The zero-order valence-electron chi connectivity index (χ0n) is 20.5. The number of fused-ring (bicyclic) bond motifs is 4. The number of amides is 1. The first kappa shape index (κ1) is 21.6. The molecule has 1 spiro atoms. The maximum absolute atomic E-state index is 13.7. The van der Waals surface area contributed by atoms with Crippen LogP contribution in [0.4, 0.5) is 5.82 Å². The minimum Gasteiger partial charge on any atom is -0.354 e. The lowest BCUT2D eigenvalue weighted by atomic mass is 9.57.